The smallest absolute Gasteiger partial charge is 0.303 e. The summed E-state index contributed by atoms with van der Waals surface area (Å²) in [6.45, 7) is 6.04. The lowest BCUT2D eigenvalue weighted by Crippen LogP contribution is -2.60. The fraction of sp³-hybridized carbons (Fsp3) is 0.750. The van der Waals surface area contributed by atoms with Crippen molar-refractivity contribution in [2.45, 2.75) is 82.6 Å². The number of allylic oxidation sites excluding steroid dienone is 1. The van der Waals surface area contributed by atoms with E-state index in [0.29, 0.717) is 12.0 Å². The van der Waals surface area contributed by atoms with Gasteiger partial charge in [-0.15, -0.1) is 0 Å². The summed E-state index contributed by atoms with van der Waals surface area (Å²) in [6, 6.07) is 0.298. The Morgan fingerprint density at radius 2 is 2.13 bits per heavy atom. The maximum Gasteiger partial charge on any atom is 0.303 e. The van der Waals surface area contributed by atoms with Crippen LogP contribution in [0.25, 0.3) is 0 Å². The summed E-state index contributed by atoms with van der Waals surface area (Å²) in [5.74, 6) is 6.18. The Kier molecular flexibility index (Phi) is 4.34. The molecule has 0 aromatic rings. The summed E-state index contributed by atoms with van der Waals surface area (Å²) >= 11 is 0. The summed E-state index contributed by atoms with van der Waals surface area (Å²) in [4.78, 5) is 14.3. The molecule has 3 aliphatic carbocycles. The van der Waals surface area contributed by atoms with Crippen molar-refractivity contribution in [3.63, 3.8) is 0 Å². The van der Waals surface area contributed by atoms with Gasteiger partial charge in [-0.1, -0.05) is 26.0 Å². The second-order valence-corrected chi connectivity index (χ2v) is 10.7. The van der Waals surface area contributed by atoms with Crippen LogP contribution in [0.1, 0.15) is 59.3 Å². The van der Waals surface area contributed by atoms with E-state index in [0.717, 1.165) is 44.2 Å². The Morgan fingerprint density at radius 1 is 1.37 bits per heavy atom. The molecule has 0 radical (unpaired) electrons. The van der Waals surface area contributed by atoms with Crippen LogP contribution in [0.3, 0.4) is 0 Å². The van der Waals surface area contributed by atoms with Crippen LogP contribution in [0.15, 0.2) is 28.4 Å². The van der Waals surface area contributed by atoms with Crippen LogP contribution in [0.4, 0.5) is 0 Å². The van der Waals surface area contributed by atoms with Crippen LogP contribution in [0.2, 0.25) is 0 Å². The van der Waals surface area contributed by atoms with Gasteiger partial charge in [0.15, 0.2) is 0 Å². The van der Waals surface area contributed by atoms with Gasteiger partial charge in [-0.25, -0.2) is 0 Å². The van der Waals surface area contributed by atoms with Crippen LogP contribution in [-0.2, 0) is 14.3 Å². The molecule has 2 bridgehead atoms. The van der Waals surface area contributed by atoms with Crippen molar-refractivity contribution < 1.29 is 14.3 Å². The molecule has 7 atom stereocenters. The van der Waals surface area contributed by atoms with E-state index in [1.165, 1.54) is 18.1 Å². The van der Waals surface area contributed by atoms with Crippen LogP contribution < -0.4 is 5.84 Å². The van der Waals surface area contributed by atoms with Crippen LogP contribution in [0, 0.1) is 17.3 Å². The van der Waals surface area contributed by atoms with Gasteiger partial charge in [-0.2, -0.15) is 5.10 Å². The minimum Gasteiger partial charge on any atom is -0.458 e. The van der Waals surface area contributed by atoms with Gasteiger partial charge in [0.2, 0.25) is 0 Å². The minimum absolute atomic E-state index is 0.0205. The van der Waals surface area contributed by atoms with E-state index < -0.39 is 0 Å². The molecule has 6 nitrogen and oxygen atoms in total. The number of carbonyl (C=O) groups excluding carboxylic acids is 1. The molecule has 0 aromatic heterocycles. The minimum atomic E-state index is -0.347. The molecule has 0 aromatic carbocycles. The Bertz CT molecular complexity index is 877. The van der Waals surface area contributed by atoms with Gasteiger partial charge in [-0.05, 0) is 58.2 Å². The molecule has 2 N–H and O–H groups in total. The molecule has 30 heavy (non-hydrogen) atoms. The van der Waals surface area contributed by atoms with E-state index in [1.807, 2.05) is 0 Å². The fourth-order valence-corrected chi connectivity index (χ4v) is 7.59. The first-order chi connectivity index (χ1) is 14.2. The molecule has 5 rings (SSSR count). The normalized spacial score (nSPS) is 48.0. The number of nitrogens with zero attached hydrogens (tertiary/aromatic N) is 2. The molecule has 2 aliphatic heterocycles. The van der Waals surface area contributed by atoms with E-state index in [4.69, 9.17) is 15.3 Å². The van der Waals surface area contributed by atoms with E-state index in [2.05, 4.69) is 50.1 Å². The molecule has 3 fully saturated rings. The van der Waals surface area contributed by atoms with E-state index in [9.17, 15) is 4.79 Å². The van der Waals surface area contributed by atoms with Gasteiger partial charge >= 0.3 is 5.97 Å². The van der Waals surface area contributed by atoms with E-state index in [1.54, 1.807) is 0 Å². The second-order valence-electron chi connectivity index (χ2n) is 10.7. The van der Waals surface area contributed by atoms with Gasteiger partial charge in [0.25, 0.3) is 0 Å². The van der Waals surface area contributed by atoms with Crippen molar-refractivity contribution in [1.29, 1.82) is 0 Å². The number of ether oxygens (including phenoxy) is 2. The van der Waals surface area contributed by atoms with Crippen molar-refractivity contribution in [1.82, 2.24) is 4.90 Å². The number of carbonyl (C=O) groups is 1. The maximum absolute atomic E-state index is 12.0. The van der Waals surface area contributed by atoms with Gasteiger partial charge in [-0.3, -0.25) is 4.79 Å². The van der Waals surface area contributed by atoms with Gasteiger partial charge < -0.3 is 20.2 Å². The number of hydrazone groups is 1. The third-order valence-electron chi connectivity index (χ3n) is 9.05. The molecule has 1 saturated heterocycles. The van der Waals surface area contributed by atoms with Crippen LogP contribution in [0.5, 0.6) is 0 Å². The number of hydrogen-bond donors (Lipinski definition) is 1. The Morgan fingerprint density at radius 3 is 2.80 bits per heavy atom. The number of fused-ring (bicyclic) bond motifs is 1. The molecule has 1 unspecified atom stereocenters. The number of esters is 1. The van der Waals surface area contributed by atoms with Crippen LogP contribution >= 0.6 is 0 Å². The molecule has 6 heteroatoms. The quantitative estimate of drug-likeness (QED) is 0.427. The standard InChI is InChI=1S/C24H35N3O3/c1-14-18(27(4)5)13-23-10-11-24(30-23)16(12-17(23)21(14)29-15(2)28)8-9-22(3)19(24)6-7-20(22)26-25/h8,12,14,18-19,21H,6-7,9-11,13,25H2,1-5H3/b26-20+/t14-,18+,19-,21+,22+,23?,24-/m1/s1. The highest BCUT2D eigenvalue weighted by Crippen LogP contribution is 2.66. The van der Waals surface area contributed by atoms with Crippen molar-refractivity contribution in [3.05, 3.63) is 23.3 Å². The van der Waals surface area contributed by atoms with E-state index >= 15 is 0 Å². The molecule has 0 amide bonds. The lowest BCUT2D eigenvalue weighted by atomic mass is 9.60. The highest BCUT2D eigenvalue weighted by Gasteiger charge is 2.68. The number of nitrogens with two attached hydrogens (primary N) is 1. The predicted molar refractivity (Wildman–Crippen MR) is 116 cm³/mol. The Balaban J connectivity index is 1.63. The zero-order chi connectivity index (χ0) is 21.5. The molecule has 2 heterocycles. The lowest BCUT2D eigenvalue weighted by Gasteiger charge is -2.56. The SMILES string of the molecule is CC(=O)O[C@@H]1C2=CC3=CC[C@]4(C)/C(=N/N)CC[C@H]4[C@@]34CCC2(C[C@H](N(C)C)[C@H]1C)O4. The van der Waals surface area contributed by atoms with Gasteiger partial charge in [0.05, 0.1) is 11.2 Å². The summed E-state index contributed by atoms with van der Waals surface area (Å²) in [5.41, 5.74) is 2.97. The van der Waals surface area contributed by atoms with Gasteiger partial charge in [0, 0.05) is 41.5 Å². The average molecular weight is 414 g/mol. The van der Waals surface area contributed by atoms with Crippen LogP contribution in [-0.4, -0.2) is 54.0 Å². The number of hydrogen-bond acceptors (Lipinski definition) is 6. The summed E-state index contributed by atoms with van der Waals surface area (Å²) in [5, 5.41) is 4.18. The molecule has 2 saturated carbocycles. The first kappa shape index (κ1) is 20.3. The summed E-state index contributed by atoms with van der Waals surface area (Å²) in [6.07, 6.45) is 10.4. The predicted octanol–water partition coefficient (Wildman–Crippen LogP) is 3.18. The van der Waals surface area contributed by atoms with Gasteiger partial charge in [0.1, 0.15) is 6.10 Å². The molecule has 164 valence electrons. The number of rotatable bonds is 2. The first-order valence-electron chi connectivity index (χ1n) is 11.4. The van der Waals surface area contributed by atoms with Crippen molar-refractivity contribution in [3.8, 4) is 0 Å². The Hall–Kier alpha value is -1.66. The summed E-state index contributed by atoms with van der Waals surface area (Å²) in [7, 11) is 4.24. The molecule has 2 spiro atoms. The fourth-order valence-electron chi connectivity index (χ4n) is 7.59. The monoisotopic (exact) mass is 413 g/mol. The summed E-state index contributed by atoms with van der Waals surface area (Å²) < 4.78 is 13.2. The van der Waals surface area contributed by atoms with Crippen molar-refractivity contribution >= 4 is 11.7 Å². The topological polar surface area (TPSA) is 77.1 Å². The molecule has 5 aliphatic rings. The average Bonchev–Trinajstić information content (AvgIpc) is 3.19. The van der Waals surface area contributed by atoms with Crippen molar-refractivity contribution in [2.24, 2.45) is 28.2 Å². The highest BCUT2D eigenvalue weighted by atomic mass is 16.6. The Labute approximate surface area is 179 Å². The molecular formula is C24H35N3O3. The maximum atomic E-state index is 12.0. The lowest BCUT2D eigenvalue weighted by molar-refractivity contribution is -0.167. The highest BCUT2D eigenvalue weighted by molar-refractivity contribution is 5.93. The first-order valence-corrected chi connectivity index (χ1v) is 11.4. The third-order valence-corrected chi connectivity index (χ3v) is 9.05. The molecular weight excluding hydrogens is 378 g/mol. The third kappa shape index (κ3) is 2.44. The largest absolute Gasteiger partial charge is 0.458 e. The van der Waals surface area contributed by atoms with Crippen molar-refractivity contribution in [2.75, 3.05) is 14.1 Å². The zero-order valence-electron chi connectivity index (χ0n) is 18.9. The second kappa shape index (κ2) is 6.42. The zero-order valence-corrected chi connectivity index (χ0v) is 18.9. The van der Waals surface area contributed by atoms with E-state index in [-0.39, 0.29) is 34.6 Å².